The van der Waals surface area contributed by atoms with Gasteiger partial charge in [0.2, 0.25) is 0 Å². The number of hydrogen-bond acceptors (Lipinski definition) is 4. The third-order valence-corrected chi connectivity index (χ3v) is 3.66. The van der Waals surface area contributed by atoms with Crippen LogP contribution in [0.4, 0.5) is 0 Å². The van der Waals surface area contributed by atoms with Crippen molar-refractivity contribution in [3.63, 3.8) is 0 Å². The van der Waals surface area contributed by atoms with E-state index in [2.05, 4.69) is 16.5 Å². The number of nitrogens with two attached hydrogens (primary N) is 1. The third kappa shape index (κ3) is 2.68. The molecule has 3 N–H and O–H groups in total. The van der Waals surface area contributed by atoms with Crippen LogP contribution < -0.4 is 5.73 Å². The van der Waals surface area contributed by atoms with Crippen molar-refractivity contribution in [2.45, 2.75) is 31.8 Å². The fourth-order valence-electron chi connectivity index (χ4n) is 2.46. The molecule has 2 rings (SSSR count). The fraction of sp³-hybridized carbons (Fsp3) is 0.750. The summed E-state index contributed by atoms with van der Waals surface area (Å²) >= 11 is 0. The molecule has 1 saturated heterocycles. The van der Waals surface area contributed by atoms with Crippen molar-refractivity contribution in [2.24, 2.45) is 11.7 Å². The van der Waals surface area contributed by atoms with Crippen LogP contribution in [0.25, 0.3) is 0 Å². The Balaban J connectivity index is 2.12. The number of aliphatic hydroxyl groups is 1. The Morgan fingerprint density at radius 3 is 2.94 bits per heavy atom. The van der Waals surface area contributed by atoms with Gasteiger partial charge in [-0.15, -0.1) is 0 Å². The molecule has 1 aliphatic heterocycles. The Morgan fingerprint density at radius 2 is 2.29 bits per heavy atom. The molecule has 2 unspecified atom stereocenters. The molecule has 0 radical (unpaired) electrons. The number of hydrogen-bond donors (Lipinski definition) is 2. The molecule has 0 aromatic carbocycles. The molecule has 1 aromatic heterocycles. The highest BCUT2D eigenvalue weighted by molar-refractivity contribution is 5.06. The first kappa shape index (κ1) is 12.5. The molecule has 0 amide bonds. The average molecular weight is 239 g/mol. The van der Waals surface area contributed by atoms with Gasteiger partial charge >= 0.3 is 0 Å². The van der Waals surface area contributed by atoms with Gasteiger partial charge in [-0.2, -0.15) is 0 Å². The van der Waals surface area contributed by atoms with Gasteiger partial charge in [-0.25, -0.2) is 4.98 Å². The van der Waals surface area contributed by atoms with E-state index in [9.17, 15) is 0 Å². The number of rotatable bonds is 4. The minimum Gasteiger partial charge on any atom is -0.394 e. The Hall–Kier alpha value is -0.910. The van der Waals surface area contributed by atoms with Crippen molar-refractivity contribution < 1.29 is 9.84 Å². The second kappa shape index (κ2) is 5.62. The van der Waals surface area contributed by atoms with Crippen LogP contribution >= 0.6 is 0 Å². The summed E-state index contributed by atoms with van der Waals surface area (Å²) in [6.45, 7) is 3.81. The molecular weight excluding hydrogens is 218 g/mol. The monoisotopic (exact) mass is 239 g/mol. The number of nitrogens with zero attached hydrogens (tertiary/aromatic N) is 2. The van der Waals surface area contributed by atoms with E-state index in [4.69, 9.17) is 15.6 Å². The van der Waals surface area contributed by atoms with Crippen molar-refractivity contribution in [3.8, 4) is 0 Å². The summed E-state index contributed by atoms with van der Waals surface area (Å²) in [6.07, 6.45) is 5.71. The lowest BCUT2D eigenvalue weighted by molar-refractivity contribution is 0.0507. The second-order valence-corrected chi connectivity index (χ2v) is 4.71. The number of ether oxygens (including phenoxy) is 1. The van der Waals surface area contributed by atoms with Gasteiger partial charge in [0, 0.05) is 25.5 Å². The molecule has 0 saturated carbocycles. The quantitative estimate of drug-likeness (QED) is 0.817. The highest BCUT2D eigenvalue weighted by atomic mass is 16.5. The average Bonchev–Trinajstić information content (AvgIpc) is 2.87. The highest BCUT2D eigenvalue weighted by Gasteiger charge is 2.24. The van der Waals surface area contributed by atoms with E-state index in [1.165, 1.54) is 0 Å². The molecule has 0 spiro atoms. The maximum atomic E-state index is 9.14. The predicted molar refractivity (Wildman–Crippen MR) is 64.5 cm³/mol. The van der Waals surface area contributed by atoms with E-state index in [1.54, 1.807) is 6.20 Å². The second-order valence-electron chi connectivity index (χ2n) is 4.71. The topological polar surface area (TPSA) is 73.3 Å². The van der Waals surface area contributed by atoms with E-state index in [0.717, 1.165) is 31.7 Å². The molecule has 1 aromatic rings. The van der Waals surface area contributed by atoms with Crippen molar-refractivity contribution in [3.05, 3.63) is 18.2 Å². The van der Waals surface area contributed by atoms with Gasteiger partial charge in [-0.1, -0.05) is 0 Å². The zero-order valence-corrected chi connectivity index (χ0v) is 10.2. The summed E-state index contributed by atoms with van der Waals surface area (Å²) < 4.78 is 7.47. The van der Waals surface area contributed by atoms with Crippen LogP contribution in [-0.2, 0) is 4.74 Å². The molecule has 17 heavy (non-hydrogen) atoms. The van der Waals surface area contributed by atoms with Gasteiger partial charge in [-0.3, -0.25) is 0 Å². The number of aromatic nitrogens is 2. The lowest BCUT2D eigenvalue weighted by atomic mass is 9.92. The SMILES string of the molecule is CC(C1CCOCC1)n1cncc1C(N)CO. The minimum atomic E-state index is -0.347. The largest absolute Gasteiger partial charge is 0.394 e. The maximum absolute atomic E-state index is 9.14. The van der Waals surface area contributed by atoms with E-state index in [0.29, 0.717) is 12.0 Å². The summed E-state index contributed by atoms with van der Waals surface area (Å²) in [5.74, 6) is 0.600. The van der Waals surface area contributed by atoms with Crippen molar-refractivity contribution in [1.82, 2.24) is 9.55 Å². The molecule has 5 nitrogen and oxygen atoms in total. The van der Waals surface area contributed by atoms with Crippen molar-refractivity contribution in [2.75, 3.05) is 19.8 Å². The summed E-state index contributed by atoms with van der Waals surface area (Å²) in [6, 6.07) is 0.00814. The summed E-state index contributed by atoms with van der Waals surface area (Å²) in [5.41, 5.74) is 6.78. The van der Waals surface area contributed by atoms with E-state index >= 15 is 0 Å². The first-order chi connectivity index (χ1) is 8.24. The van der Waals surface area contributed by atoms with E-state index in [1.807, 2.05) is 6.33 Å². The molecule has 2 atom stereocenters. The molecular formula is C12H21N3O2. The van der Waals surface area contributed by atoms with Crippen molar-refractivity contribution >= 4 is 0 Å². The molecule has 0 bridgehead atoms. The minimum absolute atomic E-state index is 0.0494. The number of imidazole rings is 1. The first-order valence-electron chi connectivity index (χ1n) is 6.20. The van der Waals surface area contributed by atoms with E-state index < -0.39 is 0 Å². The Labute approximate surface area is 102 Å². The van der Waals surface area contributed by atoms with Gasteiger partial charge in [0.15, 0.2) is 0 Å². The summed E-state index contributed by atoms with van der Waals surface area (Å²) in [5, 5.41) is 9.14. The standard InChI is InChI=1S/C12H21N3O2/c1-9(10-2-4-17-5-3-10)15-8-14-6-12(15)11(13)7-16/h6,8-11,16H,2-5,7,13H2,1H3. The van der Waals surface area contributed by atoms with E-state index in [-0.39, 0.29) is 12.6 Å². The predicted octanol–water partition coefficient (Wildman–Crippen LogP) is 0.863. The van der Waals surface area contributed by atoms with Crippen LogP contribution in [0.2, 0.25) is 0 Å². The van der Waals surface area contributed by atoms with Crippen LogP contribution in [0.5, 0.6) is 0 Å². The van der Waals surface area contributed by atoms with Crippen LogP contribution in [0, 0.1) is 5.92 Å². The lowest BCUT2D eigenvalue weighted by Gasteiger charge is -2.30. The summed E-state index contributed by atoms with van der Waals surface area (Å²) in [7, 11) is 0. The smallest absolute Gasteiger partial charge is 0.0951 e. The Morgan fingerprint density at radius 1 is 1.59 bits per heavy atom. The summed E-state index contributed by atoms with van der Waals surface area (Å²) in [4.78, 5) is 4.15. The normalized spacial score (nSPS) is 21.4. The fourth-order valence-corrected chi connectivity index (χ4v) is 2.46. The van der Waals surface area contributed by atoms with Gasteiger partial charge in [0.05, 0.1) is 24.7 Å². The van der Waals surface area contributed by atoms with Gasteiger partial charge in [0.25, 0.3) is 0 Å². The van der Waals surface area contributed by atoms with Gasteiger partial charge in [-0.05, 0) is 25.7 Å². The first-order valence-corrected chi connectivity index (χ1v) is 6.20. The van der Waals surface area contributed by atoms with Crippen LogP contribution in [0.1, 0.15) is 37.5 Å². The molecule has 1 fully saturated rings. The zero-order chi connectivity index (χ0) is 12.3. The molecule has 96 valence electrons. The van der Waals surface area contributed by atoms with Gasteiger partial charge < -0.3 is 20.1 Å². The highest BCUT2D eigenvalue weighted by Crippen LogP contribution is 2.29. The van der Waals surface area contributed by atoms with Gasteiger partial charge in [0.1, 0.15) is 0 Å². The number of aliphatic hydroxyl groups excluding tert-OH is 1. The molecule has 5 heteroatoms. The molecule has 2 heterocycles. The Bertz CT molecular complexity index is 347. The van der Waals surface area contributed by atoms with Crippen LogP contribution in [-0.4, -0.2) is 34.5 Å². The Kier molecular flexibility index (Phi) is 4.15. The maximum Gasteiger partial charge on any atom is 0.0951 e. The zero-order valence-electron chi connectivity index (χ0n) is 10.2. The van der Waals surface area contributed by atoms with Crippen LogP contribution in [0.3, 0.4) is 0 Å². The lowest BCUT2D eigenvalue weighted by Crippen LogP contribution is -2.27. The molecule has 0 aliphatic carbocycles. The van der Waals surface area contributed by atoms with Crippen LogP contribution in [0.15, 0.2) is 12.5 Å². The molecule has 1 aliphatic rings. The third-order valence-electron chi connectivity index (χ3n) is 3.66. The van der Waals surface area contributed by atoms with Crippen molar-refractivity contribution in [1.29, 1.82) is 0 Å².